The van der Waals surface area contributed by atoms with E-state index in [2.05, 4.69) is 5.32 Å². The van der Waals surface area contributed by atoms with Gasteiger partial charge >= 0.3 is 0 Å². The van der Waals surface area contributed by atoms with Crippen molar-refractivity contribution in [3.05, 3.63) is 64.1 Å². The van der Waals surface area contributed by atoms with E-state index in [1.807, 2.05) is 0 Å². The Balaban J connectivity index is 2.00. The molecule has 4 nitrogen and oxygen atoms in total. The molecular formula is C23H25Cl3N2O2. The largest absolute Gasteiger partial charge is 0.351 e. The minimum absolute atomic E-state index is 0.116. The number of benzene rings is 2. The summed E-state index contributed by atoms with van der Waals surface area (Å²) in [4.78, 5) is 28.1. The third-order valence-corrected chi connectivity index (χ3v) is 6.02. The van der Waals surface area contributed by atoms with E-state index in [1.54, 1.807) is 48.5 Å². The number of nitrogens with one attached hydrogen (secondary N) is 1. The molecule has 2 aromatic carbocycles. The summed E-state index contributed by atoms with van der Waals surface area (Å²) in [5.74, 6) is -0.270. The molecular weight excluding hydrogens is 443 g/mol. The lowest BCUT2D eigenvalue weighted by atomic mass is 9.94. The van der Waals surface area contributed by atoms with Crippen LogP contribution in [0.1, 0.15) is 50.1 Å². The van der Waals surface area contributed by atoms with Crippen LogP contribution in [0, 0.1) is 0 Å². The SMILES string of the molecule is O=C(NC1CCCCC1)C(c1ccc(Cl)cc1)N(C(=O)CCCl)c1ccc(Cl)cc1. The van der Waals surface area contributed by atoms with E-state index in [9.17, 15) is 9.59 Å². The zero-order chi connectivity index (χ0) is 21.5. The average molecular weight is 468 g/mol. The Morgan fingerprint density at radius 3 is 2.07 bits per heavy atom. The molecule has 160 valence electrons. The summed E-state index contributed by atoms with van der Waals surface area (Å²) in [6.07, 6.45) is 5.42. The van der Waals surface area contributed by atoms with Gasteiger partial charge in [-0.05, 0) is 54.8 Å². The molecule has 1 aliphatic rings. The number of halogens is 3. The molecule has 1 aliphatic carbocycles. The lowest BCUT2D eigenvalue weighted by molar-refractivity contribution is -0.127. The molecule has 0 bridgehead atoms. The molecule has 0 heterocycles. The number of carbonyl (C=O) groups excluding carboxylic acids is 2. The second-order valence-electron chi connectivity index (χ2n) is 7.48. The number of carbonyl (C=O) groups is 2. The van der Waals surface area contributed by atoms with E-state index in [1.165, 1.54) is 11.3 Å². The molecule has 0 aliphatic heterocycles. The van der Waals surface area contributed by atoms with E-state index < -0.39 is 6.04 Å². The molecule has 0 radical (unpaired) electrons. The first kappa shape index (κ1) is 22.9. The topological polar surface area (TPSA) is 49.4 Å². The highest BCUT2D eigenvalue weighted by Gasteiger charge is 2.33. The molecule has 1 unspecified atom stereocenters. The summed E-state index contributed by atoms with van der Waals surface area (Å²) in [7, 11) is 0. The average Bonchev–Trinajstić information content (AvgIpc) is 2.74. The quantitative estimate of drug-likeness (QED) is 0.497. The molecule has 1 saturated carbocycles. The van der Waals surface area contributed by atoms with E-state index in [0.29, 0.717) is 21.3 Å². The van der Waals surface area contributed by atoms with Crippen molar-refractivity contribution in [2.75, 3.05) is 10.8 Å². The number of alkyl halides is 1. The molecule has 2 amide bonds. The van der Waals surface area contributed by atoms with Crippen molar-refractivity contribution < 1.29 is 9.59 Å². The highest BCUT2D eigenvalue weighted by Crippen LogP contribution is 2.31. The van der Waals surface area contributed by atoms with Gasteiger partial charge in [-0.25, -0.2) is 0 Å². The first-order valence-electron chi connectivity index (χ1n) is 10.2. The van der Waals surface area contributed by atoms with Gasteiger partial charge in [0.2, 0.25) is 11.8 Å². The van der Waals surface area contributed by atoms with Gasteiger partial charge < -0.3 is 5.32 Å². The fourth-order valence-electron chi connectivity index (χ4n) is 3.83. The van der Waals surface area contributed by atoms with E-state index in [4.69, 9.17) is 34.8 Å². The minimum atomic E-state index is -0.832. The molecule has 0 aromatic heterocycles. The Labute approximate surface area is 192 Å². The molecule has 1 fully saturated rings. The zero-order valence-corrected chi connectivity index (χ0v) is 18.9. The standard InChI is InChI=1S/C23H25Cl3N2O2/c24-15-14-21(29)28(20-12-10-18(26)11-13-20)22(16-6-8-17(25)9-7-16)23(30)27-19-4-2-1-3-5-19/h6-13,19,22H,1-5,14-15H2,(H,27,30). The normalized spacial score (nSPS) is 15.4. The number of hydrogen-bond acceptors (Lipinski definition) is 2. The van der Waals surface area contributed by atoms with Crippen LogP contribution in [0.5, 0.6) is 0 Å². The van der Waals surface area contributed by atoms with Gasteiger partial charge in [-0.3, -0.25) is 14.5 Å². The summed E-state index contributed by atoms with van der Waals surface area (Å²) >= 11 is 18.0. The van der Waals surface area contributed by atoms with Crippen LogP contribution in [0.25, 0.3) is 0 Å². The smallest absolute Gasteiger partial charge is 0.248 e. The Hall–Kier alpha value is -1.75. The van der Waals surface area contributed by atoms with Crippen LogP contribution in [-0.2, 0) is 9.59 Å². The van der Waals surface area contributed by atoms with Crippen molar-refractivity contribution in [3.63, 3.8) is 0 Å². The second-order valence-corrected chi connectivity index (χ2v) is 8.73. The first-order chi connectivity index (χ1) is 14.5. The maximum Gasteiger partial charge on any atom is 0.248 e. The fraction of sp³-hybridized carbons (Fsp3) is 0.391. The van der Waals surface area contributed by atoms with Crippen LogP contribution in [-0.4, -0.2) is 23.7 Å². The Morgan fingerprint density at radius 1 is 0.933 bits per heavy atom. The maximum atomic E-state index is 13.5. The van der Waals surface area contributed by atoms with Gasteiger partial charge in [0.1, 0.15) is 6.04 Å². The van der Waals surface area contributed by atoms with Crippen molar-refractivity contribution in [3.8, 4) is 0 Å². The van der Waals surface area contributed by atoms with E-state index in [-0.39, 0.29) is 30.2 Å². The Morgan fingerprint density at radius 2 is 1.50 bits per heavy atom. The van der Waals surface area contributed by atoms with Crippen molar-refractivity contribution in [2.24, 2.45) is 0 Å². The van der Waals surface area contributed by atoms with Gasteiger partial charge in [0, 0.05) is 34.1 Å². The van der Waals surface area contributed by atoms with Crippen LogP contribution in [0.4, 0.5) is 5.69 Å². The number of nitrogens with zero attached hydrogens (tertiary/aromatic N) is 1. The van der Waals surface area contributed by atoms with Crippen molar-refractivity contribution in [1.29, 1.82) is 0 Å². The summed E-state index contributed by atoms with van der Waals surface area (Å²) in [5.41, 5.74) is 1.28. The van der Waals surface area contributed by atoms with Gasteiger partial charge in [-0.15, -0.1) is 11.6 Å². The maximum absolute atomic E-state index is 13.5. The summed E-state index contributed by atoms with van der Waals surface area (Å²) in [6, 6.07) is 13.2. The van der Waals surface area contributed by atoms with Crippen LogP contribution in [0.15, 0.2) is 48.5 Å². The summed E-state index contributed by atoms with van der Waals surface area (Å²) in [6.45, 7) is 0. The first-order valence-corrected chi connectivity index (χ1v) is 11.5. The van der Waals surface area contributed by atoms with Crippen LogP contribution >= 0.6 is 34.8 Å². The van der Waals surface area contributed by atoms with Gasteiger partial charge in [0.15, 0.2) is 0 Å². The van der Waals surface area contributed by atoms with Crippen LogP contribution < -0.4 is 10.2 Å². The van der Waals surface area contributed by atoms with Gasteiger partial charge in [-0.1, -0.05) is 54.6 Å². The molecule has 30 heavy (non-hydrogen) atoms. The van der Waals surface area contributed by atoms with E-state index in [0.717, 1.165) is 25.7 Å². The van der Waals surface area contributed by atoms with Crippen molar-refractivity contribution in [1.82, 2.24) is 5.32 Å². The van der Waals surface area contributed by atoms with Crippen LogP contribution in [0.3, 0.4) is 0 Å². The Bertz CT molecular complexity index is 850. The predicted octanol–water partition coefficient (Wildman–Crippen LogP) is 6.15. The molecule has 0 spiro atoms. The lowest BCUT2D eigenvalue weighted by Crippen LogP contribution is -2.47. The monoisotopic (exact) mass is 466 g/mol. The molecule has 1 N–H and O–H groups in total. The number of rotatable bonds is 7. The molecule has 0 saturated heterocycles. The lowest BCUT2D eigenvalue weighted by Gasteiger charge is -2.33. The minimum Gasteiger partial charge on any atom is -0.351 e. The number of amides is 2. The summed E-state index contributed by atoms with van der Waals surface area (Å²) < 4.78 is 0. The number of anilines is 1. The predicted molar refractivity (Wildman–Crippen MR) is 123 cm³/mol. The van der Waals surface area contributed by atoms with Gasteiger partial charge in [0.25, 0.3) is 0 Å². The Kier molecular flexibility index (Phi) is 8.43. The second kappa shape index (κ2) is 11.0. The highest BCUT2D eigenvalue weighted by atomic mass is 35.5. The van der Waals surface area contributed by atoms with Gasteiger partial charge in [0.05, 0.1) is 0 Å². The van der Waals surface area contributed by atoms with E-state index >= 15 is 0 Å². The van der Waals surface area contributed by atoms with Crippen molar-refractivity contribution >= 4 is 52.3 Å². The zero-order valence-electron chi connectivity index (χ0n) is 16.6. The fourth-order valence-corrected chi connectivity index (χ4v) is 4.24. The molecule has 2 aromatic rings. The molecule has 7 heteroatoms. The molecule has 1 atom stereocenters. The summed E-state index contributed by atoms with van der Waals surface area (Å²) in [5, 5.41) is 4.28. The third-order valence-electron chi connectivity index (χ3n) is 5.33. The van der Waals surface area contributed by atoms with Crippen molar-refractivity contribution in [2.45, 2.75) is 50.6 Å². The van der Waals surface area contributed by atoms with Crippen LogP contribution in [0.2, 0.25) is 10.0 Å². The van der Waals surface area contributed by atoms with Gasteiger partial charge in [-0.2, -0.15) is 0 Å². The number of hydrogen-bond donors (Lipinski definition) is 1. The highest BCUT2D eigenvalue weighted by molar-refractivity contribution is 6.31. The third kappa shape index (κ3) is 5.90. The molecule has 3 rings (SSSR count).